The number of aromatic nitrogens is 1. The molecule has 2 N–H and O–H groups in total. The van der Waals surface area contributed by atoms with Crippen LogP contribution in [0.25, 0.3) is 0 Å². The monoisotopic (exact) mass is 235 g/mol. The summed E-state index contributed by atoms with van der Waals surface area (Å²) in [4.78, 5) is 25.3. The number of likely N-dealkylation sites (tertiary alicyclic amines) is 1. The molecule has 0 unspecified atom stereocenters. The van der Waals surface area contributed by atoms with Crippen LogP contribution in [-0.4, -0.2) is 39.9 Å². The Hall–Kier alpha value is -1.62. The van der Waals surface area contributed by atoms with E-state index in [4.69, 9.17) is 5.73 Å². The van der Waals surface area contributed by atoms with E-state index in [2.05, 4.69) is 0 Å². The number of primary amides is 1. The average Bonchev–Trinajstić information content (AvgIpc) is 2.97. The molecule has 2 heterocycles. The Morgan fingerprint density at radius 1 is 1.35 bits per heavy atom. The molecule has 0 aliphatic carbocycles. The van der Waals surface area contributed by atoms with Crippen molar-refractivity contribution in [2.45, 2.75) is 31.8 Å². The van der Waals surface area contributed by atoms with Crippen molar-refractivity contribution >= 4 is 11.8 Å². The number of nitrogens with two attached hydrogens (primary N) is 1. The summed E-state index contributed by atoms with van der Waals surface area (Å²) in [5.41, 5.74) is 5.30. The van der Waals surface area contributed by atoms with Crippen molar-refractivity contribution < 1.29 is 9.59 Å². The maximum Gasteiger partial charge on any atom is 0.247 e. The number of carbonyl (C=O) groups excluding carboxylic acids is 2. The SMILES string of the molecule is C[C@H](C(N)=O)N1CCC[C@@H]1C(=O)n1cccc1. The molecule has 2 atom stereocenters. The van der Waals surface area contributed by atoms with Gasteiger partial charge in [0.2, 0.25) is 11.8 Å². The molecule has 0 spiro atoms. The molecular formula is C12H17N3O2. The third-order valence-corrected chi connectivity index (χ3v) is 3.35. The molecular weight excluding hydrogens is 218 g/mol. The van der Waals surface area contributed by atoms with Gasteiger partial charge in [-0.1, -0.05) is 0 Å². The first-order valence-corrected chi connectivity index (χ1v) is 5.83. The highest BCUT2D eigenvalue weighted by Gasteiger charge is 2.35. The Morgan fingerprint density at radius 3 is 2.59 bits per heavy atom. The molecule has 17 heavy (non-hydrogen) atoms. The molecule has 5 nitrogen and oxygen atoms in total. The van der Waals surface area contributed by atoms with E-state index in [0.717, 1.165) is 19.4 Å². The van der Waals surface area contributed by atoms with Crippen molar-refractivity contribution in [1.29, 1.82) is 0 Å². The fourth-order valence-corrected chi connectivity index (χ4v) is 2.33. The lowest BCUT2D eigenvalue weighted by Gasteiger charge is -2.27. The van der Waals surface area contributed by atoms with Crippen LogP contribution < -0.4 is 5.73 Å². The number of amides is 1. The van der Waals surface area contributed by atoms with Crippen LogP contribution in [-0.2, 0) is 4.79 Å². The van der Waals surface area contributed by atoms with Gasteiger partial charge in [-0.05, 0) is 38.4 Å². The fraction of sp³-hybridized carbons (Fsp3) is 0.500. The number of hydrogen-bond donors (Lipinski definition) is 1. The van der Waals surface area contributed by atoms with Crippen molar-refractivity contribution in [2.75, 3.05) is 6.54 Å². The number of hydrogen-bond acceptors (Lipinski definition) is 3. The topological polar surface area (TPSA) is 68.3 Å². The van der Waals surface area contributed by atoms with Gasteiger partial charge in [-0.25, -0.2) is 0 Å². The molecule has 0 saturated carbocycles. The van der Waals surface area contributed by atoms with E-state index in [9.17, 15) is 9.59 Å². The van der Waals surface area contributed by atoms with Crippen LogP contribution in [0.2, 0.25) is 0 Å². The van der Waals surface area contributed by atoms with Gasteiger partial charge in [-0.2, -0.15) is 0 Å². The Balaban J connectivity index is 2.15. The first-order valence-electron chi connectivity index (χ1n) is 5.83. The zero-order chi connectivity index (χ0) is 12.4. The van der Waals surface area contributed by atoms with Crippen LogP contribution in [0.5, 0.6) is 0 Å². The highest BCUT2D eigenvalue weighted by molar-refractivity contribution is 5.86. The van der Waals surface area contributed by atoms with Crippen LogP contribution in [0.4, 0.5) is 0 Å². The molecule has 92 valence electrons. The Bertz CT molecular complexity index is 413. The van der Waals surface area contributed by atoms with Gasteiger partial charge in [0.05, 0.1) is 12.1 Å². The second-order valence-electron chi connectivity index (χ2n) is 4.40. The van der Waals surface area contributed by atoms with E-state index < -0.39 is 0 Å². The lowest BCUT2D eigenvalue weighted by atomic mass is 10.1. The van der Waals surface area contributed by atoms with E-state index in [-0.39, 0.29) is 23.9 Å². The van der Waals surface area contributed by atoms with Gasteiger partial charge in [-0.15, -0.1) is 0 Å². The summed E-state index contributed by atoms with van der Waals surface area (Å²) in [6, 6.07) is 3.01. The van der Waals surface area contributed by atoms with Crippen LogP contribution in [0, 0.1) is 0 Å². The zero-order valence-corrected chi connectivity index (χ0v) is 9.87. The maximum absolute atomic E-state index is 12.2. The molecule has 0 aromatic carbocycles. The maximum atomic E-state index is 12.2. The minimum absolute atomic E-state index is 0.0144. The van der Waals surface area contributed by atoms with Crippen molar-refractivity contribution in [1.82, 2.24) is 9.47 Å². The summed E-state index contributed by atoms with van der Waals surface area (Å²) in [5.74, 6) is -0.363. The minimum atomic E-state index is -0.387. The standard InChI is InChI=1S/C12H17N3O2/c1-9(11(13)16)15-8-4-5-10(15)12(17)14-6-2-3-7-14/h2-3,6-7,9-10H,4-5,8H2,1H3,(H2,13,16)/t9-,10-/m1/s1. The number of nitrogens with zero attached hydrogens (tertiary/aromatic N) is 2. The van der Waals surface area contributed by atoms with E-state index in [0.29, 0.717) is 0 Å². The quantitative estimate of drug-likeness (QED) is 0.828. The summed E-state index contributed by atoms with van der Waals surface area (Å²) >= 11 is 0. The van der Waals surface area contributed by atoms with E-state index >= 15 is 0 Å². The summed E-state index contributed by atoms with van der Waals surface area (Å²) in [5, 5.41) is 0. The van der Waals surface area contributed by atoms with Crippen LogP contribution in [0.3, 0.4) is 0 Å². The second kappa shape index (κ2) is 4.71. The third-order valence-electron chi connectivity index (χ3n) is 3.35. The summed E-state index contributed by atoms with van der Waals surface area (Å²) in [7, 11) is 0. The molecule has 1 aromatic heterocycles. The van der Waals surface area contributed by atoms with Gasteiger partial charge >= 0.3 is 0 Å². The Kier molecular flexibility index (Phi) is 3.28. The summed E-state index contributed by atoms with van der Waals surface area (Å²) in [6.45, 7) is 2.51. The molecule has 1 amide bonds. The van der Waals surface area contributed by atoms with E-state index in [1.165, 1.54) is 0 Å². The second-order valence-corrected chi connectivity index (χ2v) is 4.40. The molecule has 1 aliphatic heterocycles. The smallest absolute Gasteiger partial charge is 0.247 e. The molecule has 5 heteroatoms. The minimum Gasteiger partial charge on any atom is -0.368 e. The molecule has 0 bridgehead atoms. The largest absolute Gasteiger partial charge is 0.368 e. The van der Waals surface area contributed by atoms with Gasteiger partial charge in [-0.3, -0.25) is 19.1 Å². The predicted molar refractivity (Wildman–Crippen MR) is 63.4 cm³/mol. The summed E-state index contributed by atoms with van der Waals surface area (Å²) in [6.07, 6.45) is 5.17. The van der Waals surface area contributed by atoms with Crippen LogP contribution in [0.15, 0.2) is 24.5 Å². The molecule has 0 radical (unpaired) electrons. The van der Waals surface area contributed by atoms with Crippen LogP contribution >= 0.6 is 0 Å². The van der Waals surface area contributed by atoms with Gasteiger partial charge in [0.1, 0.15) is 0 Å². The third kappa shape index (κ3) is 2.24. The number of rotatable bonds is 3. The van der Waals surface area contributed by atoms with Crippen molar-refractivity contribution in [2.24, 2.45) is 5.73 Å². The Morgan fingerprint density at radius 2 is 2.00 bits per heavy atom. The van der Waals surface area contributed by atoms with E-state index in [1.807, 2.05) is 17.0 Å². The molecule has 1 aromatic rings. The van der Waals surface area contributed by atoms with Gasteiger partial charge in [0.15, 0.2) is 0 Å². The molecule has 1 aliphatic rings. The first kappa shape index (κ1) is 11.9. The van der Waals surface area contributed by atoms with E-state index in [1.54, 1.807) is 23.9 Å². The average molecular weight is 235 g/mol. The lowest BCUT2D eigenvalue weighted by molar-refractivity contribution is -0.122. The van der Waals surface area contributed by atoms with Gasteiger partial charge in [0.25, 0.3) is 0 Å². The lowest BCUT2D eigenvalue weighted by Crippen LogP contribution is -2.49. The van der Waals surface area contributed by atoms with Crippen molar-refractivity contribution in [3.8, 4) is 0 Å². The van der Waals surface area contributed by atoms with Gasteiger partial charge < -0.3 is 5.73 Å². The molecule has 1 fully saturated rings. The van der Waals surface area contributed by atoms with Gasteiger partial charge in [0, 0.05) is 12.4 Å². The highest BCUT2D eigenvalue weighted by Crippen LogP contribution is 2.21. The highest BCUT2D eigenvalue weighted by atomic mass is 16.2. The Labute approximate surface area is 100 Å². The predicted octanol–water partition coefficient (Wildman–Crippen LogP) is 0.466. The fourth-order valence-electron chi connectivity index (χ4n) is 2.33. The van der Waals surface area contributed by atoms with Crippen molar-refractivity contribution in [3.05, 3.63) is 24.5 Å². The number of carbonyl (C=O) groups is 2. The molecule has 2 rings (SSSR count). The molecule has 1 saturated heterocycles. The van der Waals surface area contributed by atoms with Crippen LogP contribution in [0.1, 0.15) is 24.6 Å². The summed E-state index contributed by atoms with van der Waals surface area (Å²) < 4.78 is 1.57. The zero-order valence-electron chi connectivity index (χ0n) is 9.87. The normalized spacial score (nSPS) is 22.5. The van der Waals surface area contributed by atoms with Crippen molar-refractivity contribution in [3.63, 3.8) is 0 Å². The first-order chi connectivity index (χ1) is 8.11.